The standard InChI is InChI=1S/C15H15FN2O2S/c16-12-3-5-13(6-4-12)21-9-1-2-14(19)18-15-11(10-17)7-8-20-15/h3-6H,1-2,7-9H2,(H,18,19). The molecule has 0 saturated carbocycles. The number of benzene rings is 1. The Hall–Kier alpha value is -2.00. The fourth-order valence-corrected chi connectivity index (χ4v) is 2.67. The van der Waals surface area contributed by atoms with Crippen molar-refractivity contribution in [1.29, 1.82) is 5.26 Å². The topological polar surface area (TPSA) is 62.1 Å². The normalized spacial score (nSPS) is 13.7. The number of rotatable bonds is 6. The summed E-state index contributed by atoms with van der Waals surface area (Å²) in [6, 6.07) is 8.29. The van der Waals surface area contributed by atoms with E-state index in [0.717, 1.165) is 10.6 Å². The molecule has 0 fully saturated rings. The molecule has 1 N–H and O–H groups in total. The van der Waals surface area contributed by atoms with Crippen LogP contribution in [0.15, 0.2) is 40.6 Å². The minimum atomic E-state index is -0.253. The maximum Gasteiger partial charge on any atom is 0.226 e. The lowest BCUT2D eigenvalue weighted by molar-refractivity contribution is -0.121. The van der Waals surface area contributed by atoms with Gasteiger partial charge in [-0.05, 0) is 36.4 Å². The fourth-order valence-electron chi connectivity index (χ4n) is 1.82. The van der Waals surface area contributed by atoms with E-state index in [9.17, 15) is 9.18 Å². The largest absolute Gasteiger partial charge is 0.478 e. The number of hydrogen-bond donors (Lipinski definition) is 1. The number of thioether (sulfide) groups is 1. The summed E-state index contributed by atoms with van der Waals surface area (Å²) in [5.74, 6) is 0.661. The number of ether oxygens (including phenoxy) is 1. The lowest BCUT2D eigenvalue weighted by Gasteiger charge is -2.06. The third kappa shape index (κ3) is 4.80. The van der Waals surface area contributed by atoms with Crippen LogP contribution in [0.2, 0.25) is 0 Å². The smallest absolute Gasteiger partial charge is 0.226 e. The Balaban J connectivity index is 1.68. The van der Waals surface area contributed by atoms with Gasteiger partial charge in [-0.2, -0.15) is 5.26 Å². The predicted octanol–water partition coefficient (Wildman–Crippen LogP) is 2.97. The van der Waals surface area contributed by atoms with E-state index in [1.165, 1.54) is 12.1 Å². The fraction of sp³-hybridized carbons (Fsp3) is 0.333. The molecule has 0 spiro atoms. The van der Waals surface area contributed by atoms with Gasteiger partial charge in [-0.1, -0.05) is 0 Å². The molecule has 1 aliphatic rings. The molecule has 0 aliphatic carbocycles. The molecule has 1 heterocycles. The van der Waals surface area contributed by atoms with Crippen molar-refractivity contribution >= 4 is 17.7 Å². The van der Waals surface area contributed by atoms with Crippen LogP contribution in [0, 0.1) is 17.1 Å². The first-order valence-electron chi connectivity index (χ1n) is 6.63. The predicted molar refractivity (Wildman–Crippen MR) is 77.7 cm³/mol. The molecule has 0 saturated heterocycles. The van der Waals surface area contributed by atoms with Crippen LogP contribution in [0.1, 0.15) is 19.3 Å². The van der Waals surface area contributed by atoms with Crippen LogP contribution < -0.4 is 5.32 Å². The molecule has 0 radical (unpaired) electrons. The molecular weight excluding hydrogens is 291 g/mol. The maximum absolute atomic E-state index is 12.7. The Morgan fingerprint density at radius 1 is 1.43 bits per heavy atom. The summed E-state index contributed by atoms with van der Waals surface area (Å²) >= 11 is 1.58. The minimum absolute atomic E-state index is 0.153. The van der Waals surface area contributed by atoms with Gasteiger partial charge in [0.1, 0.15) is 11.9 Å². The zero-order valence-corrected chi connectivity index (χ0v) is 12.2. The Morgan fingerprint density at radius 3 is 2.90 bits per heavy atom. The highest BCUT2D eigenvalue weighted by Gasteiger charge is 2.17. The van der Waals surface area contributed by atoms with E-state index in [-0.39, 0.29) is 11.7 Å². The average Bonchev–Trinajstić information content (AvgIpc) is 2.92. The third-order valence-electron chi connectivity index (χ3n) is 2.89. The van der Waals surface area contributed by atoms with Crippen LogP contribution in [0.3, 0.4) is 0 Å². The highest BCUT2D eigenvalue weighted by atomic mass is 32.2. The molecule has 0 atom stereocenters. The van der Waals surface area contributed by atoms with Gasteiger partial charge in [-0.3, -0.25) is 10.1 Å². The van der Waals surface area contributed by atoms with Gasteiger partial charge < -0.3 is 4.74 Å². The van der Waals surface area contributed by atoms with Crippen LogP contribution in [0.25, 0.3) is 0 Å². The number of amides is 1. The molecule has 6 heteroatoms. The molecular formula is C15H15FN2O2S. The van der Waals surface area contributed by atoms with E-state index < -0.39 is 0 Å². The number of hydrogen-bond acceptors (Lipinski definition) is 4. The minimum Gasteiger partial charge on any atom is -0.478 e. The van der Waals surface area contributed by atoms with Gasteiger partial charge in [0.05, 0.1) is 12.2 Å². The highest BCUT2D eigenvalue weighted by molar-refractivity contribution is 7.99. The van der Waals surface area contributed by atoms with E-state index in [0.29, 0.717) is 37.3 Å². The van der Waals surface area contributed by atoms with Gasteiger partial charge in [0.2, 0.25) is 11.8 Å². The summed E-state index contributed by atoms with van der Waals surface area (Å²) in [4.78, 5) is 12.7. The number of carbonyl (C=O) groups excluding carboxylic acids is 1. The molecule has 0 aromatic heterocycles. The number of nitrogens with zero attached hydrogens (tertiary/aromatic N) is 1. The number of carbonyl (C=O) groups is 1. The quantitative estimate of drug-likeness (QED) is 0.648. The first kappa shape index (κ1) is 15.4. The highest BCUT2D eigenvalue weighted by Crippen LogP contribution is 2.20. The monoisotopic (exact) mass is 306 g/mol. The molecule has 1 aromatic carbocycles. The van der Waals surface area contributed by atoms with Gasteiger partial charge in [-0.25, -0.2) is 4.39 Å². The molecule has 0 bridgehead atoms. The first-order valence-corrected chi connectivity index (χ1v) is 7.62. The SMILES string of the molecule is N#CC1=C(NC(=O)CCCSc2ccc(F)cc2)OCC1. The van der Waals surface area contributed by atoms with E-state index in [4.69, 9.17) is 10.00 Å². The Kier molecular flexibility index (Phi) is 5.64. The Labute approximate surface area is 127 Å². The molecule has 1 amide bonds. The van der Waals surface area contributed by atoms with E-state index >= 15 is 0 Å². The van der Waals surface area contributed by atoms with Gasteiger partial charge in [0.25, 0.3) is 0 Å². The molecule has 21 heavy (non-hydrogen) atoms. The summed E-state index contributed by atoms with van der Waals surface area (Å²) < 4.78 is 17.9. The van der Waals surface area contributed by atoms with Gasteiger partial charge in [0.15, 0.2) is 0 Å². The summed E-state index contributed by atoms with van der Waals surface area (Å²) in [5, 5.41) is 11.5. The lowest BCUT2D eigenvalue weighted by Crippen LogP contribution is -2.23. The Morgan fingerprint density at radius 2 is 2.19 bits per heavy atom. The zero-order chi connectivity index (χ0) is 15.1. The van der Waals surface area contributed by atoms with Crippen LogP contribution in [-0.2, 0) is 9.53 Å². The molecule has 4 nitrogen and oxygen atoms in total. The number of nitrogens with one attached hydrogen (secondary N) is 1. The molecule has 2 rings (SSSR count). The van der Waals surface area contributed by atoms with Crippen molar-refractivity contribution < 1.29 is 13.9 Å². The van der Waals surface area contributed by atoms with Crippen molar-refractivity contribution in [1.82, 2.24) is 5.32 Å². The molecule has 1 aromatic rings. The second kappa shape index (κ2) is 7.70. The van der Waals surface area contributed by atoms with Crippen molar-refractivity contribution in [2.24, 2.45) is 0 Å². The van der Waals surface area contributed by atoms with Crippen molar-refractivity contribution in [3.8, 4) is 6.07 Å². The van der Waals surface area contributed by atoms with Crippen molar-refractivity contribution in [2.75, 3.05) is 12.4 Å². The van der Waals surface area contributed by atoms with E-state index in [1.54, 1.807) is 23.9 Å². The van der Waals surface area contributed by atoms with Gasteiger partial charge >= 0.3 is 0 Å². The summed E-state index contributed by atoms with van der Waals surface area (Å²) in [5.41, 5.74) is 0.490. The van der Waals surface area contributed by atoms with Crippen LogP contribution in [-0.4, -0.2) is 18.3 Å². The van der Waals surface area contributed by atoms with Gasteiger partial charge in [-0.15, -0.1) is 11.8 Å². The van der Waals surface area contributed by atoms with Crippen LogP contribution in [0.5, 0.6) is 0 Å². The van der Waals surface area contributed by atoms with Crippen molar-refractivity contribution in [3.05, 3.63) is 41.5 Å². The van der Waals surface area contributed by atoms with Crippen LogP contribution >= 0.6 is 11.8 Å². The zero-order valence-electron chi connectivity index (χ0n) is 11.4. The number of nitriles is 1. The Bertz CT molecular complexity index is 578. The summed E-state index contributed by atoms with van der Waals surface area (Å²) in [6.07, 6.45) is 1.61. The third-order valence-corrected chi connectivity index (χ3v) is 3.99. The second-order valence-corrected chi connectivity index (χ2v) is 5.64. The van der Waals surface area contributed by atoms with E-state index in [2.05, 4.69) is 5.32 Å². The van der Waals surface area contributed by atoms with E-state index in [1.807, 2.05) is 6.07 Å². The van der Waals surface area contributed by atoms with Gasteiger partial charge in [0, 0.05) is 17.7 Å². The summed E-state index contributed by atoms with van der Waals surface area (Å²) in [7, 11) is 0. The number of halogens is 1. The summed E-state index contributed by atoms with van der Waals surface area (Å²) in [6.45, 7) is 0.443. The molecule has 0 unspecified atom stereocenters. The average molecular weight is 306 g/mol. The first-order chi connectivity index (χ1) is 10.2. The molecule has 1 aliphatic heterocycles. The maximum atomic E-state index is 12.7. The molecule has 110 valence electrons. The van der Waals surface area contributed by atoms with Crippen molar-refractivity contribution in [3.63, 3.8) is 0 Å². The van der Waals surface area contributed by atoms with Crippen LogP contribution in [0.4, 0.5) is 4.39 Å². The second-order valence-electron chi connectivity index (χ2n) is 4.47. The lowest BCUT2D eigenvalue weighted by atomic mass is 10.2. The van der Waals surface area contributed by atoms with Crippen molar-refractivity contribution in [2.45, 2.75) is 24.2 Å².